The third kappa shape index (κ3) is 3.94. The van der Waals surface area contributed by atoms with Crippen LogP contribution in [0, 0.1) is 18.8 Å². The predicted octanol–water partition coefficient (Wildman–Crippen LogP) is 4.20. The lowest BCUT2D eigenvalue weighted by Gasteiger charge is -2.29. The van der Waals surface area contributed by atoms with Gasteiger partial charge in [0, 0.05) is 44.2 Å². The number of halogens is 2. The number of hydrogen-bond donors (Lipinski definition) is 1. The van der Waals surface area contributed by atoms with Crippen molar-refractivity contribution in [1.29, 1.82) is 0 Å². The molecule has 6 nitrogen and oxygen atoms in total. The molecule has 3 fully saturated rings. The predicted molar refractivity (Wildman–Crippen MR) is 108 cm³/mol. The van der Waals surface area contributed by atoms with Gasteiger partial charge in [-0.15, -0.1) is 0 Å². The molecule has 0 aromatic carbocycles. The number of nitrogens with zero attached hydrogens (tertiary/aromatic N) is 5. The molecule has 2 saturated carbocycles. The maximum Gasteiger partial charge on any atom is 0.248 e. The molecule has 1 aliphatic heterocycles. The summed E-state index contributed by atoms with van der Waals surface area (Å²) >= 11 is 0. The van der Waals surface area contributed by atoms with Gasteiger partial charge < -0.3 is 10.2 Å². The van der Waals surface area contributed by atoms with Crippen LogP contribution in [0.2, 0.25) is 0 Å². The van der Waals surface area contributed by atoms with Crippen LogP contribution in [0.15, 0.2) is 18.3 Å². The normalized spacial score (nSPS) is 26.7. The molecule has 0 radical (unpaired) electrons. The number of nitrogens with one attached hydrogen (secondary N) is 1. The average molecular weight is 402 g/mol. The Labute approximate surface area is 169 Å². The first-order valence-corrected chi connectivity index (χ1v) is 10.8. The van der Waals surface area contributed by atoms with E-state index in [4.69, 9.17) is 4.98 Å². The van der Waals surface area contributed by atoms with E-state index in [1.165, 1.54) is 19.3 Å². The van der Waals surface area contributed by atoms with Gasteiger partial charge in [0.25, 0.3) is 0 Å². The van der Waals surface area contributed by atoms with Crippen LogP contribution in [0.25, 0.3) is 5.82 Å². The molecule has 0 bridgehead atoms. The second-order valence-electron chi connectivity index (χ2n) is 8.94. The molecular formula is C21H28F2N6. The SMILES string of the molecule is Cc1ccn(-c2cc(N3CC4CCCC4C3)nc(NC3CCC(F)(F)CC3)n2)n1. The first-order valence-electron chi connectivity index (χ1n) is 10.8. The number of rotatable bonds is 4. The van der Waals surface area contributed by atoms with E-state index in [2.05, 4.69) is 20.3 Å². The summed E-state index contributed by atoms with van der Waals surface area (Å²) in [7, 11) is 0. The van der Waals surface area contributed by atoms with Gasteiger partial charge in [-0.2, -0.15) is 15.1 Å². The molecule has 2 aromatic heterocycles. The lowest BCUT2D eigenvalue weighted by atomic mass is 9.92. The second-order valence-corrected chi connectivity index (χ2v) is 8.94. The minimum atomic E-state index is -2.54. The number of aromatic nitrogens is 4. The van der Waals surface area contributed by atoms with Gasteiger partial charge in [-0.25, -0.2) is 13.5 Å². The van der Waals surface area contributed by atoms with Crippen molar-refractivity contribution >= 4 is 11.8 Å². The topological polar surface area (TPSA) is 58.9 Å². The Morgan fingerprint density at radius 2 is 1.72 bits per heavy atom. The van der Waals surface area contributed by atoms with Gasteiger partial charge in [0.15, 0.2) is 5.82 Å². The number of aryl methyl sites for hydroxylation is 1. The molecule has 0 amide bonds. The molecule has 3 heterocycles. The van der Waals surface area contributed by atoms with Crippen molar-refractivity contribution < 1.29 is 8.78 Å². The van der Waals surface area contributed by atoms with Gasteiger partial charge in [-0.3, -0.25) is 0 Å². The Morgan fingerprint density at radius 1 is 1.03 bits per heavy atom. The van der Waals surface area contributed by atoms with Crippen molar-refractivity contribution in [3.8, 4) is 5.82 Å². The zero-order chi connectivity index (χ0) is 20.0. The van der Waals surface area contributed by atoms with E-state index in [1.54, 1.807) is 4.68 Å². The van der Waals surface area contributed by atoms with E-state index in [9.17, 15) is 8.78 Å². The van der Waals surface area contributed by atoms with E-state index >= 15 is 0 Å². The fourth-order valence-electron chi connectivity index (χ4n) is 5.10. The molecule has 29 heavy (non-hydrogen) atoms. The third-order valence-corrected chi connectivity index (χ3v) is 6.76. The van der Waals surface area contributed by atoms with Crippen molar-refractivity contribution in [3.63, 3.8) is 0 Å². The molecule has 3 aliphatic rings. The van der Waals surface area contributed by atoms with Crippen LogP contribution in [0.1, 0.15) is 50.6 Å². The highest BCUT2D eigenvalue weighted by molar-refractivity contribution is 5.50. The Bertz CT molecular complexity index is 860. The van der Waals surface area contributed by atoms with Gasteiger partial charge >= 0.3 is 0 Å². The molecule has 5 rings (SSSR count). The van der Waals surface area contributed by atoms with E-state index in [0.29, 0.717) is 24.6 Å². The minimum Gasteiger partial charge on any atom is -0.356 e. The second kappa shape index (κ2) is 7.22. The number of anilines is 2. The van der Waals surface area contributed by atoms with Gasteiger partial charge in [-0.05, 0) is 50.5 Å². The summed E-state index contributed by atoms with van der Waals surface area (Å²) in [5, 5.41) is 7.82. The summed E-state index contributed by atoms with van der Waals surface area (Å²) < 4.78 is 28.8. The van der Waals surface area contributed by atoms with E-state index in [1.807, 2.05) is 25.3 Å². The number of fused-ring (bicyclic) bond motifs is 1. The molecule has 1 saturated heterocycles. The minimum absolute atomic E-state index is 0.0185. The van der Waals surface area contributed by atoms with Crippen molar-refractivity contribution in [2.24, 2.45) is 11.8 Å². The lowest BCUT2D eigenvalue weighted by molar-refractivity contribution is -0.0361. The summed E-state index contributed by atoms with van der Waals surface area (Å²) in [5.74, 6) is 1.11. The highest BCUT2D eigenvalue weighted by Gasteiger charge is 2.37. The maximum atomic E-state index is 13.5. The Morgan fingerprint density at radius 3 is 2.38 bits per heavy atom. The fraction of sp³-hybridized carbons (Fsp3) is 0.667. The quantitative estimate of drug-likeness (QED) is 0.831. The summed E-state index contributed by atoms with van der Waals surface area (Å²) in [5.41, 5.74) is 0.921. The first-order chi connectivity index (χ1) is 13.9. The maximum absolute atomic E-state index is 13.5. The number of alkyl halides is 2. The van der Waals surface area contributed by atoms with Crippen LogP contribution in [0.4, 0.5) is 20.5 Å². The molecular weight excluding hydrogens is 374 g/mol. The van der Waals surface area contributed by atoms with Crippen LogP contribution in [-0.4, -0.2) is 44.8 Å². The first kappa shape index (κ1) is 18.8. The summed E-state index contributed by atoms with van der Waals surface area (Å²) in [6.07, 6.45) is 6.55. The Balaban J connectivity index is 1.41. The Kier molecular flexibility index (Phi) is 4.67. The third-order valence-electron chi connectivity index (χ3n) is 6.76. The molecule has 2 aromatic rings. The smallest absolute Gasteiger partial charge is 0.248 e. The van der Waals surface area contributed by atoms with Gasteiger partial charge in [0.1, 0.15) is 5.82 Å². The summed E-state index contributed by atoms with van der Waals surface area (Å²) in [6.45, 7) is 4.02. The molecule has 156 valence electrons. The standard InChI is InChI=1S/C21H28F2N6/c1-14-7-10-29(27-14)19-11-18(28-12-15-3-2-4-16(15)13-28)25-20(26-19)24-17-5-8-21(22,23)9-6-17/h7,10-11,15-17H,2-6,8-9,12-13H2,1H3,(H,24,25,26). The van der Waals surface area contributed by atoms with Crippen LogP contribution >= 0.6 is 0 Å². The lowest BCUT2D eigenvalue weighted by Crippen LogP contribution is -2.33. The summed E-state index contributed by atoms with van der Waals surface area (Å²) in [4.78, 5) is 11.8. The van der Waals surface area contributed by atoms with E-state index < -0.39 is 5.92 Å². The van der Waals surface area contributed by atoms with E-state index in [-0.39, 0.29) is 18.9 Å². The fourth-order valence-corrected chi connectivity index (χ4v) is 5.10. The molecule has 2 aliphatic carbocycles. The van der Waals surface area contributed by atoms with Gasteiger partial charge in [0.2, 0.25) is 11.9 Å². The van der Waals surface area contributed by atoms with Crippen LogP contribution in [-0.2, 0) is 0 Å². The zero-order valence-corrected chi connectivity index (χ0v) is 16.8. The van der Waals surface area contributed by atoms with Crippen LogP contribution in [0.3, 0.4) is 0 Å². The van der Waals surface area contributed by atoms with Gasteiger partial charge in [-0.1, -0.05) is 6.42 Å². The summed E-state index contributed by atoms with van der Waals surface area (Å²) in [6, 6.07) is 3.92. The van der Waals surface area contributed by atoms with Crippen molar-refractivity contribution in [3.05, 3.63) is 24.0 Å². The van der Waals surface area contributed by atoms with Crippen molar-refractivity contribution in [1.82, 2.24) is 19.7 Å². The van der Waals surface area contributed by atoms with Crippen molar-refractivity contribution in [2.45, 2.75) is 63.8 Å². The van der Waals surface area contributed by atoms with Crippen LogP contribution < -0.4 is 10.2 Å². The Hall–Kier alpha value is -2.25. The highest BCUT2D eigenvalue weighted by atomic mass is 19.3. The van der Waals surface area contributed by atoms with Crippen LogP contribution in [0.5, 0.6) is 0 Å². The van der Waals surface area contributed by atoms with E-state index in [0.717, 1.165) is 36.4 Å². The largest absolute Gasteiger partial charge is 0.356 e. The highest BCUT2D eigenvalue weighted by Crippen LogP contribution is 2.39. The monoisotopic (exact) mass is 402 g/mol. The molecule has 8 heteroatoms. The average Bonchev–Trinajstić information content (AvgIpc) is 3.39. The molecule has 2 unspecified atom stereocenters. The zero-order valence-electron chi connectivity index (χ0n) is 16.8. The molecule has 0 spiro atoms. The molecule has 1 N–H and O–H groups in total. The molecule has 2 atom stereocenters. The van der Waals surface area contributed by atoms with Crippen molar-refractivity contribution in [2.75, 3.05) is 23.3 Å². The number of hydrogen-bond acceptors (Lipinski definition) is 5. The van der Waals surface area contributed by atoms with Gasteiger partial charge in [0.05, 0.1) is 5.69 Å².